The average Bonchev–Trinajstić information content (AvgIpc) is 3.02. The minimum Gasteiger partial charge on any atom is -0.480 e. The topological polar surface area (TPSA) is 62.2 Å². The molecule has 2 N–H and O–H groups in total. The number of nitrogens with one attached hydrogen (secondary N) is 1. The Labute approximate surface area is 88.3 Å². The van der Waals surface area contributed by atoms with Gasteiger partial charge in [-0.2, -0.15) is 0 Å². The van der Waals surface area contributed by atoms with E-state index in [1.54, 1.807) is 31.5 Å². The van der Waals surface area contributed by atoms with Crippen LogP contribution in [0.5, 0.6) is 0 Å². The molecule has 0 radical (unpaired) electrons. The van der Waals surface area contributed by atoms with Gasteiger partial charge in [-0.05, 0) is 25.8 Å². The SMILES string of the molecule is CC(NC1CC1)(C(=O)O)c1cccnc1. The maximum atomic E-state index is 11.3. The minimum absolute atomic E-state index is 0.339. The normalized spacial score (nSPS) is 19.5. The maximum Gasteiger partial charge on any atom is 0.328 e. The number of carbonyl (C=O) groups is 1. The summed E-state index contributed by atoms with van der Waals surface area (Å²) in [4.78, 5) is 15.3. The second-order valence-electron chi connectivity index (χ2n) is 4.09. The van der Waals surface area contributed by atoms with Crippen molar-refractivity contribution in [1.29, 1.82) is 0 Å². The summed E-state index contributed by atoms with van der Waals surface area (Å²) in [6.45, 7) is 1.69. The van der Waals surface area contributed by atoms with Crippen LogP contribution < -0.4 is 5.32 Å². The smallest absolute Gasteiger partial charge is 0.328 e. The molecule has 1 aromatic rings. The molecule has 1 heterocycles. The highest BCUT2D eigenvalue weighted by atomic mass is 16.4. The van der Waals surface area contributed by atoms with E-state index in [9.17, 15) is 9.90 Å². The number of pyridine rings is 1. The third-order valence-corrected chi connectivity index (χ3v) is 2.74. The summed E-state index contributed by atoms with van der Waals surface area (Å²) in [6, 6.07) is 3.88. The third-order valence-electron chi connectivity index (χ3n) is 2.74. The summed E-state index contributed by atoms with van der Waals surface area (Å²) in [6.07, 6.45) is 5.36. The van der Waals surface area contributed by atoms with Gasteiger partial charge in [0, 0.05) is 24.0 Å². The predicted molar refractivity (Wildman–Crippen MR) is 55.4 cm³/mol. The van der Waals surface area contributed by atoms with E-state index in [2.05, 4.69) is 10.3 Å². The predicted octanol–water partition coefficient (Wildman–Crippen LogP) is 1.13. The van der Waals surface area contributed by atoms with E-state index in [0.29, 0.717) is 11.6 Å². The lowest BCUT2D eigenvalue weighted by atomic mass is 9.93. The number of carboxylic acid groups (broad SMARTS) is 1. The van der Waals surface area contributed by atoms with E-state index in [-0.39, 0.29) is 0 Å². The van der Waals surface area contributed by atoms with Crippen LogP contribution in [0.15, 0.2) is 24.5 Å². The van der Waals surface area contributed by atoms with Crippen molar-refractivity contribution in [2.45, 2.75) is 31.3 Å². The van der Waals surface area contributed by atoms with Gasteiger partial charge in [0.2, 0.25) is 0 Å². The highest BCUT2D eigenvalue weighted by Crippen LogP contribution is 2.28. The van der Waals surface area contributed by atoms with Crippen LogP contribution in [0.1, 0.15) is 25.3 Å². The minimum atomic E-state index is -1.02. The molecule has 1 fully saturated rings. The first-order chi connectivity index (χ1) is 7.13. The Balaban J connectivity index is 2.28. The molecule has 4 nitrogen and oxygen atoms in total. The van der Waals surface area contributed by atoms with E-state index < -0.39 is 11.5 Å². The molecular formula is C11H14N2O2. The average molecular weight is 206 g/mol. The molecule has 0 amide bonds. The van der Waals surface area contributed by atoms with Crippen molar-refractivity contribution in [3.63, 3.8) is 0 Å². The van der Waals surface area contributed by atoms with Crippen LogP contribution in [0.4, 0.5) is 0 Å². The Hall–Kier alpha value is -1.42. The molecule has 0 bridgehead atoms. The Kier molecular flexibility index (Phi) is 2.44. The van der Waals surface area contributed by atoms with Crippen LogP contribution in [0, 0.1) is 0 Å². The van der Waals surface area contributed by atoms with Crippen molar-refractivity contribution in [3.8, 4) is 0 Å². The first kappa shape index (κ1) is 10.1. The number of rotatable bonds is 4. The molecule has 0 aliphatic heterocycles. The Bertz CT molecular complexity index is 362. The quantitative estimate of drug-likeness (QED) is 0.775. The lowest BCUT2D eigenvalue weighted by Gasteiger charge is -2.26. The zero-order valence-electron chi connectivity index (χ0n) is 8.60. The maximum absolute atomic E-state index is 11.3. The van der Waals surface area contributed by atoms with Gasteiger partial charge >= 0.3 is 5.97 Å². The second-order valence-corrected chi connectivity index (χ2v) is 4.09. The second kappa shape index (κ2) is 3.62. The van der Waals surface area contributed by atoms with Crippen molar-refractivity contribution in [1.82, 2.24) is 10.3 Å². The van der Waals surface area contributed by atoms with E-state index in [0.717, 1.165) is 12.8 Å². The fourth-order valence-electron chi connectivity index (χ4n) is 1.56. The number of hydrogen-bond acceptors (Lipinski definition) is 3. The van der Waals surface area contributed by atoms with Gasteiger partial charge in [-0.1, -0.05) is 6.07 Å². The van der Waals surface area contributed by atoms with Crippen LogP contribution in [0.3, 0.4) is 0 Å². The van der Waals surface area contributed by atoms with Crippen LogP contribution in [0.2, 0.25) is 0 Å². The number of aliphatic carboxylic acids is 1. The zero-order valence-corrected chi connectivity index (χ0v) is 8.60. The summed E-state index contributed by atoms with van der Waals surface area (Å²) < 4.78 is 0. The lowest BCUT2D eigenvalue weighted by molar-refractivity contribution is -0.144. The standard InChI is InChI=1S/C11H14N2O2/c1-11(10(14)15,13-9-4-5-9)8-3-2-6-12-7-8/h2-3,6-7,9,13H,4-5H2,1H3,(H,14,15). The molecule has 1 saturated carbocycles. The molecule has 1 unspecified atom stereocenters. The van der Waals surface area contributed by atoms with E-state index >= 15 is 0 Å². The molecule has 4 heteroatoms. The highest BCUT2D eigenvalue weighted by Gasteiger charge is 2.40. The molecule has 1 aromatic heterocycles. The fourth-order valence-corrected chi connectivity index (χ4v) is 1.56. The Morgan fingerprint density at radius 1 is 1.67 bits per heavy atom. The van der Waals surface area contributed by atoms with Gasteiger partial charge in [-0.3, -0.25) is 10.3 Å². The van der Waals surface area contributed by atoms with E-state index in [4.69, 9.17) is 0 Å². The van der Waals surface area contributed by atoms with Crippen molar-refractivity contribution >= 4 is 5.97 Å². The molecule has 1 atom stereocenters. The summed E-state index contributed by atoms with van der Waals surface area (Å²) in [5.74, 6) is -0.859. The van der Waals surface area contributed by atoms with Crippen LogP contribution >= 0.6 is 0 Å². The fraction of sp³-hybridized carbons (Fsp3) is 0.455. The largest absolute Gasteiger partial charge is 0.480 e. The number of aromatic nitrogens is 1. The van der Waals surface area contributed by atoms with Gasteiger partial charge in [-0.15, -0.1) is 0 Å². The molecule has 1 aliphatic carbocycles. The first-order valence-corrected chi connectivity index (χ1v) is 5.04. The van der Waals surface area contributed by atoms with Gasteiger partial charge in [0.15, 0.2) is 0 Å². The van der Waals surface area contributed by atoms with Gasteiger partial charge in [0.25, 0.3) is 0 Å². The van der Waals surface area contributed by atoms with Gasteiger partial charge in [-0.25, -0.2) is 4.79 Å². The monoisotopic (exact) mass is 206 g/mol. The molecule has 15 heavy (non-hydrogen) atoms. The van der Waals surface area contributed by atoms with Crippen molar-refractivity contribution in [2.24, 2.45) is 0 Å². The summed E-state index contributed by atoms with van der Waals surface area (Å²) in [5.41, 5.74) is -0.320. The number of carboxylic acids is 1. The van der Waals surface area contributed by atoms with Crippen LogP contribution in [-0.2, 0) is 10.3 Å². The molecule has 0 spiro atoms. The van der Waals surface area contributed by atoms with Crippen molar-refractivity contribution < 1.29 is 9.90 Å². The lowest BCUT2D eigenvalue weighted by Crippen LogP contribution is -2.47. The van der Waals surface area contributed by atoms with Crippen LogP contribution in [-0.4, -0.2) is 22.1 Å². The van der Waals surface area contributed by atoms with Gasteiger partial charge in [0.05, 0.1) is 0 Å². The van der Waals surface area contributed by atoms with Crippen LogP contribution in [0.25, 0.3) is 0 Å². The summed E-state index contributed by atoms with van der Waals surface area (Å²) in [5, 5.41) is 12.4. The van der Waals surface area contributed by atoms with E-state index in [1.165, 1.54) is 0 Å². The summed E-state index contributed by atoms with van der Waals surface area (Å²) in [7, 11) is 0. The van der Waals surface area contributed by atoms with Crippen molar-refractivity contribution in [3.05, 3.63) is 30.1 Å². The zero-order chi connectivity index (χ0) is 10.9. The van der Waals surface area contributed by atoms with Crippen molar-refractivity contribution in [2.75, 3.05) is 0 Å². The molecule has 0 saturated heterocycles. The molecule has 1 aliphatic rings. The summed E-state index contributed by atoms with van der Waals surface area (Å²) >= 11 is 0. The molecule has 0 aromatic carbocycles. The molecular weight excluding hydrogens is 192 g/mol. The highest BCUT2D eigenvalue weighted by molar-refractivity contribution is 5.80. The Morgan fingerprint density at radius 2 is 2.40 bits per heavy atom. The molecule has 2 rings (SSSR count). The molecule has 80 valence electrons. The van der Waals surface area contributed by atoms with E-state index in [1.807, 2.05) is 0 Å². The Morgan fingerprint density at radius 3 is 2.87 bits per heavy atom. The first-order valence-electron chi connectivity index (χ1n) is 5.04. The third kappa shape index (κ3) is 1.99. The number of nitrogens with zero attached hydrogens (tertiary/aromatic N) is 1. The van der Waals surface area contributed by atoms with Gasteiger partial charge < -0.3 is 5.11 Å². The van der Waals surface area contributed by atoms with Gasteiger partial charge in [0.1, 0.15) is 5.54 Å². The number of hydrogen-bond donors (Lipinski definition) is 2.